The summed E-state index contributed by atoms with van der Waals surface area (Å²) in [5.74, 6) is -0.629. The highest BCUT2D eigenvalue weighted by Crippen LogP contribution is 2.31. The van der Waals surface area contributed by atoms with Gasteiger partial charge in [0.1, 0.15) is 11.5 Å². The minimum atomic E-state index is -0.629. The Morgan fingerprint density at radius 2 is 2.17 bits per heavy atom. The summed E-state index contributed by atoms with van der Waals surface area (Å²) in [5.41, 5.74) is 0.124. The fraction of sp³-hybridized carbons (Fsp3) is 0.500. The van der Waals surface area contributed by atoms with Crippen molar-refractivity contribution in [1.29, 1.82) is 0 Å². The van der Waals surface area contributed by atoms with Crippen molar-refractivity contribution in [2.24, 2.45) is 0 Å². The largest absolute Gasteiger partial charge is 0.377 e. The van der Waals surface area contributed by atoms with Gasteiger partial charge in [0.15, 0.2) is 0 Å². The Balaban J connectivity index is 3.06. The lowest BCUT2D eigenvalue weighted by Crippen LogP contribution is -2.18. The summed E-state index contributed by atoms with van der Waals surface area (Å²) < 4.78 is 13.5. The molecule has 1 aromatic rings. The SMILES string of the molecule is CCCC(CC)Nc1cc(Br)c(F)cc1[N+](=O)[O-]. The van der Waals surface area contributed by atoms with Crippen LogP contribution >= 0.6 is 15.9 Å². The molecule has 0 saturated carbocycles. The fourth-order valence-electron chi connectivity index (χ4n) is 1.75. The first-order valence-electron chi connectivity index (χ1n) is 5.89. The molecule has 100 valence electrons. The van der Waals surface area contributed by atoms with Crippen LogP contribution in [0.15, 0.2) is 16.6 Å². The minimum absolute atomic E-state index is 0.158. The van der Waals surface area contributed by atoms with E-state index in [4.69, 9.17) is 0 Å². The zero-order chi connectivity index (χ0) is 13.7. The molecule has 0 bridgehead atoms. The normalized spacial score (nSPS) is 12.2. The number of anilines is 1. The van der Waals surface area contributed by atoms with Crippen molar-refractivity contribution in [2.75, 3.05) is 5.32 Å². The molecule has 0 saturated heterocycles. The molecule has 1 aromatic carbocycles. The summed E-state index contributed by atoms with van der Waals surface area (Å²) in [4.78, 5) is 10.3. The average molecular weight is 319 g/mol. The molecule has 0 heterocycles. The number of hydrogen-bond acceptors (Lipinski definition) is 3. The monoisotopic (exact) mass is 318 g/mol. The van der Waals surface area contributed by atoms with Gasteiger partial charge in [-0.25, -0.2) is 4.39 Å². The Morgan fingerprint density at radius 3 is 2.67 bits per heavy atom. The van der Waals surface area contributed by atoms with Crippen molar-refractivity contribution in [2.45, 2.75) is 39.2 Å². The highest BCUT2D eigenvalue weighted by Gasteiger charge is 2.19. The third kappa shape index (κ3) is 3.66. The maximum absolute atomic E-state index is 13.3. The predicted molar refractivity (Wildman–Crippen MR) is 73.4 cm³/mol. The van der Waals surface area contributed by atoms with Gasteiger partial charge in [-0.15, -0.1) is 0 Å². The van der Waals surface area contributed by atoms with Gasteiger partial charge in [-0.2, -0.15) is 0 Å². The van der Waals surface area contributed by atoms with Crippen LogP contribution in [0.5, 0.6) is 0 Å². The number of nitrogens with one attached hydrogen (secondary N) is 1. The van der Waals surface area contributed by atoms with Gasteiger partial charge in [-0.1, -0.05) is 20.3 Å². The summed E-state index contributed by atoms with van der Waals surface area (Å²) in [6.45, 7) is 4.07. The van der Waals surface area contributed by atoms with Gasteiger partial charge in [0, 0.05) is 6.04 Å². The van der Waals surface area contributed by atoms with Gasteiger partial charge in [-0.3, -0.25) is 10.1 Å². The molecule has 4 nitrogen and oxygen atoms in total. The standard InChI is InChI=1S/C12H16BrFN2O2/c1-3-5-8(4-2)15-11-6-9(13)10(14)7-12(11)16(17)18/h6-8,15H,3-5H2,1-2H3. The lowest BCUT2D eigenvalue weighted by molar-refractivity contribution is -0.384. The van der Waals surface area contributed by atoms with E-state index in [1.165, 1.54) is 6.07 Å². The van der Waals surface area contributed by atoms with Crippen LogP contribution in [0.25, 0.3) is 0 Å². The van der Waals surface area contributed by atoms with Gasteiger partial charge in [-0.05, 0) is 34.8 Å². The quantitative estimate of drug-likeness (QED) is 0.621. The maximum atomic E-state index is 13.3. The van der Waals surface area contributed by atoms with Gasteiger partial charge in [0.05, 0.1) is 15.5 Å². The summed E-state index contributed by atoms with van der Waals surface area (Å²) >= 11 is 3.04. The number of nitro benzene ring substituents is 1. The minimum Gasteiger partial charge on any atom is -0.377 e. The van der Waals surface area contributed by atoms with Crippen molar-refractivity contribution < 1.29 is 9.31 Å². The smallest absolute Gasteiger partial charge is 0.295 e. The third-order valence-corrected chi connectivity index (χ3v) is 3.33. The van der Waals surface area contributed by atoms with Crippen LogP contribution in [0, 0.1) is 15.9 Å². The van der Waals surface area contributed by atoms with Crippen molar-refractivity contribution >= 4 is 27.3 Å². The van der Waals surface area contributed by atoms with E-state index < -0.39 is 10.7 Å². The van der Waals surface area contributed by atoms with Gasteiger partial charge < -0.3 is 5.32 Å². The van der Waals surface area contributed by atoms with E-state index in [2.05, 4.69) is 28.2 Å². The summed E-state index contributed by atoms with van der Waals surface area (Å²) in [7, 11) is 0. The van der Waals surface area contributed by atoms with E-state index in [-0.39, 0.29) is 16.2 Å². The summed E-state index contributed by atoms with van der Waals surface area (Å²) in [6.07, 6.45) is 2.77. The van der Waals surface area contributed by atoms with Crippen molar-refractivity contribution in [3.63, 3.8) is 0 Å². The molecule has 0 aliphatic carbocycles. The number of nitrogens with zero attached hydrogens (tertiary/aromatic N) is 1. The molecule has 0 spiro atoms. The van der Waals surface area contributed by atoms with Crippen LogP contribution < -0.4 is 5.32 Å². The van der Waals surface area contributed by atoms with Crippen LogP contribution in [0.1, 0.15) is 33.1 Å². The van der Waals surface area contributed by atoms with E-state index in [1.54, 1.807) is 0 Å². The third-order valence-electron chi connectivity index (χ3n) is 2.72. The van der Waals surface area contributed by atoms with E-state index in [9.17, 15) is 14.5 Å². The first-order valence-corrected chi connectivity index (χ1v) is 6.68. The van der Waals surface area contributed by atoms with E-state index in [1.807, 2.05) is 6.92 Å². The number of nitro groups is 1. The van der Waals surface area contributed by atoms with Crippen molar-refractivity contribution in [3.05, 3.63) is 32.5 Å². The van der Waals surface area contributed by atoms with Crippen LogP contribution in [0.3, 0.4) is 0 Å². The lowest BCUT2D eigenvalue weighted by Gasteiger charge is -2.17. The van der Waals surface area contributed by atoms with Gasteiger partial charge >= 0.3 is 0 Å². The number of benzene rings is 1. The first-order chi connectivity index (χ1) is 8.49. The van der Waals surface area contributed by atoms with Crippen molar-refractivity contribution in [1.82, 2.24) is 0 Å². The Kier molecular flexibility index (Phi) is 5.53. The second-order valence-corrected chi connectivity index (χ2v) is 4.93. The van der Waals surface area contributed by atoms with Crippen LogP contribution in [-0.2, 0) is 0 Å². The molecule has 18 heavy (non-hydrogen) atoms. The highest BCUT2D eigenvalue weighted by molar-refractivity contribution is 9.10. The Hall–Kier alpha value is -1.17. The average Bonchev–Trinajstić information content (AvgIpc) is 2.32. The second kappa shape index (κ2) is 6.68. The molecule has 0 aliphatic heterocycles. The molecule has 1 atom stereocenters. The maximum Gasteiger partial charge on any atom is 0.295 e. The lowest BCUT2D eigenvalue weighted by atomic mass is 10.1. The highest BCUT2D eigenvalue weighted by atomic mass is 79.9. The van der Waals surface area contributed by atoms with Crippen LogP contribution in [-0.4, -0.2) is 11.0 Å². The Bertz CT molecular complexity index is 440. The predicted octanol–water partition coefficient (Wildman–Crippen LogP) is 4.49. The number of halogens is 2. The molecule has 0 aliphatic rings. The van der Waals surface area contributed by atoms with E-state index in [0.29, 0.717) is 5.69 Å². The Labute approximate surface area is 114 Å². The molecule has 0 fully saturated rings. The number of hydrogen-bond donors (Lipinski definition) is 1. The molecule has 1 rings (SSSR count). The van der Waals surface area contributed by atoms with E-state index >= 15 is 0 Å². The van der Waals surface area contributed by atoms with Gasteiger partial charge in [0.25, 0.3) is 5.69 Å². The topological polar surface area (TPSA) is 55.2 Å². The van der Waals surface area contributed by atoms with Gasteiger partial charge in [0.2, 0.25) is 0 Å². The molecule has 0 radical (unpaired) electrons. The number of rotatable bonds is 6. The molecule has 0 amide bonds. The van der Waals surface area contributed by atoms with Crippen LogP contribution in [0.4, 0.5) is 15.8 Å². The van der Waals surface area contributed by atoms with E-state index in [0.717, 1.165) is 25.3 Å². The zero-order valence-corrected chi connectivity index (χ0v) is 12.0. The zero-order valence-electron chi connectivity index (χ0n) is 10.4. The first kappa shape index (κ1) is 14.9. The second-order valence-electron chi connectivity index (χ2n) is 4.08. The Morgan fingerprint density at radius 1 is 1.50 bits per heavy atom. The molecular formula is C12H16BrFN2O2. The summed E-state index contributed by atoms with van der Waals surface area (Å²) in [5, 5.41) is 14.0. The fourth-order valence-corrected chi connectivity index (χ4v) is 2.09. The molecular weight excluding hydrogens is 303 g/mol. The summed E-state index contributed by atoms with van der Waals surface area (Å²) in [6, 6.07) is 2.52. The molecule has 0 aromatic heterocycles. The van der Waals surface area contributed by atoms with Crippen molar-refractivity contribution in [3.8, 4) is 0 Å². The molecule has 1 unspecified atom stereocenters. The molecule has 6 heteroatoms. The van der Waals surface area contributed by atoms with Crippen LogP contribution in [0.2, 0.25) is 0 Å². The molecule has 1 N–H and O–H groups in total.